The molecule has 0 unspecified atom stereocenters. The van der Waals surface area contributed by atoms with Gasteiger partial charge in [0.25, 0.3) is 0 Å². The first-order valence-electron chi connectivity index (χ1n) is 5.44. The molecule has 2 rings (SSSR count). The Morgan fingerprint density at radius 3 is 3.06 bits per heavy atom. The summed E-state index contributed by atoms with van der Waals surface area (Å²) in [7, 11) is 0. The van der Waals surface area contributed by atoms with Gasteiger partial charge in [-0.1, -0.05) is 24.6 Å². The summed E-state index contributed by atoms with van der Waals surface area (Å²) in [5.41, 5.74) is 0.997. The molecule has 0 saturated carbocycles. The number of pyridine rings is 1. The van der Waals surface area contributed by atoms with Crippen LogP contribution in [0, 0.1) is 16.9 Å². The van der Waals surface area contributed by atoms with Crippen molar-refractivity contribution in [3.05, 3.63) is 29.0 Å². The highest BCUT2D eigenvalue weighted by Gasteiger charge is 2.34. The summed E-state index contributed by atoms with van der Waals surface area (Å²) < 4.78 is 0. The second kappa shape index (κ2) is 4.72. The van der Waals surface area contributed by atoms with Crippen LogP contribution in [0.2, 0.25) is 5.15 Å². The molecule has 0 amide bonds. The Labute approximate surface area is 105 Å². The van der Waals surface area contributed by atoms with Crippen LogP contribution in [0.25, 0.3) is 0 Å². The van der Waals surface area contributed by atoms with Crippen LogP contribution in [-0.2, 0) is 6.42 Å². The highest BCUT2D eigenvalue weighted by molar-refractivity contribution is 6.29. The van der Waals surface area contributed by atoms with Gasteiger partial charge in [0.1, 0.15) is 11.0 Å². The molecule has 0 spiro atoms. The van der Waals surface area contributed by atoms with E-state index in [2.05, 4.69) is 22.2 Å². The lowest BCUT2D eigenvalue weighted by atomic mass is 9.81. The van der Waals surface area contributed by atoms with E-state index in [0.29, 0.717) is 5.15 Å². The number of aliphatic imine (C=N–C) groups is 1. The summed E-state index contributed by atoms with van der Waals surface area (Å²) in [6.45, 7) is 2.87. The van der Waals surface area contributed by atoms with Crippen LogP contribution in [-0.4, -0.2) is 17.4 Å². The largest absolute Gasteiger partial charge is 0.280 e. The first kappa shape index (κ1) is 11.9. The van der Waals surface area contributed by atoms with Gasteiger partial charge in [0.05, 0.1) is 0 Å². The summed E-state index contributed by atoms with van der Waals surface area (Å²) in [5.74, 6) is 0.773. The van der Waals surface area contributed by atoms with Crippen LogP contribution in [0.15, 0.2) is 23.3 Å². The average molecular weight is 249 g/mol. The maximum Gasteiger partial charge on any atom is 0.182 e. The number of nitrogens with one attached hydrogen (secondary N) is 1. The van der Waals surface area contributed by atoms with Crippen molar-refractivity contribution in [1.82, 2.24) is 10.3 Å². The molecule has 0 saturated heterocycles. The lowest BCUT2D eigenvalue weighted by Gasteiger charge is -2.24. The molecule has 17 heavy (non-hydrogen) atoms. The van der Waals surface area contributed by atoms with Gasteiger partial charge in [0, 0.05) is 18.2 Å². The fraction of sp³-hybridized carbons (Fsp3) is 0.417. The van der Waals surface area contributed by atoms with Gasteiger partial charge in [-0.15, -0.1) is 0 Å². The Hall–Kier alpha value is -1.60. The highest BCUT2D eigenvalue weighted by Crippen LogP contribution is 2.32. The van der Waals surface area contributed by atoms with Crippen molar-refractivity contribution in [1.29, 1.82) is 5.26 Å². The number of rotatable bonds is 2. The molecule has 1 atom stereocenters. The minimum atomic E-state index is -0.106. The summed E-state index contributed by atoms with van der Waals surface area (Å²) in [5, 5.41) is 11.9. The number of nitriles is 1. The third-order valence-electron chi connectivity index (χ3n) is 3.06. The predicted molar refractivity (Wildman–Crippen MR) is 66.7 cm³/mol. The van der Waals surface area contributed by atoms with E-state index in [1.807, 2.05) is 12.3 Å². The predicted octanol–water partition coefficient (Wildman–Crippen LogP) is 2.16. The zero-order chi connectivity index (χ0) is 12.3. The quantitative estimate of drug-likeness (QED) is 0.496. The van der Waals surface area contributed by atoms with E-state index in [1.165, 1.54) is 0 Å². The van der Waals surface area contributed by atoms with Crippen molar-refractivity contribution in [2.45, 2.75) is 19.8 Å². The number of hydrogen-bond donors (Lipinski definition) is 1. The molecule has 1 aromatic rings. The van der Waals surface area contributed by atoms with Gasteiger partial charge >= 0.3 is 0 Å². The fourth-order valence-corrected chi connectivity index (χ4v) is 2.21. The lowest BCUT2D eigenvalue weighted by molar-refractivity contribution is 0.453. The van der Waals surface area contributed by atoms with Gasteiger partial charge in [0.15, 0.2) is 6.19 Å². The molecule has 0 radical (unpaired) electrons. The average Bonchev–Trinajstić information content (AvgIpc) is 2.65. The van der Waals surface area contributed by atoms with Crippen LogP contribution in [0.1, 0.15) is 18.9 Å². The molecule has 5 heteroatoms. The van der Waals surface area contributed by atoms with E-state index < -0.39 is 0 Å². The third kappa shape index (κ3) is 2.56. The Morgan fingerprint density at radius 1 is 1.59 bits per heavy atom. The summed E-state index contributed by atoms with van der Waals surface area (Å²) in [6.07, 6.45) is 5.47. The molecular weight excluding hydrogens is 236 g/mol. The van der Waals surface area contributed by atoms with E-state index in [1.54, 1.807) is 12.3 Å². The molecule has 2 heterocycles. The van der Waals surface area contributed by atoms with E-state index in [9.17, 15) is 0 Å². The molecule has 1 aromatic heterocycles. The van der Waals surface area contributed by atoms with Crippen LogP contribution >= 0.6 is 11.6 Å². The molecule has 1 aliphatic rings. The maximum absolute atomic E-state index is 8.69. The first-order chi connectivity index (χ1) is 8.14. The maximum atomic E-state index is 8.69. The molecule has 0 bridgehead atoms. The number of halogens is 1. The zero-order valence-corrected chi connectivity index (χ0v) is 10.3. The van der Waals surface area contributed by atoms with E-state index >= 15 is 0 Å². The van der Waals surface area contributed by atoms with Crippen molar-refractivity contribution < 1.29 is 0 Å². The molecule has 88 valence electrons. The molecule has 1 N–H and O–H groups in total. The van der Waals surface area contributed by atoms with Crippen LogP contribution in [0.4, 0.5) is 0 Å². The zero-order valence-electron chi connectivity index (χ0n) is 9.57. The van der Waals surface area contributed by atoms with Gasteiger partial charge in [-0.05, 0) is 24.5 Å². The summed E-state index contributed by atoms with van der Waals surface area (Å²) in [6, 6.07) is 3.74. The third-order valence-corrected chi connectivity index (χ3v) is 3.29. The van der Waals surface area contributed by atoms with Crippen molar-refractivity contribution in [2.75, 3.05) is 6.54 Å². The van der Waals surface area contributed by atoms with Crippen LogP contribution in [0.5, 0.6) is 0 Å². The molecule has 0 aromatic carbocycles. The topological polar surface area (TPSA) is 61.1 Å². The van der Waals surface area contributed by atoms with Gasteiger partial charge in [-0.25, -0.2) is 4.98 Å². The summed E-state index contributed by atoms with van der Waals surface area (Å²) in [4.78, 5) is 8.39. The molecule has 1 aliphatic heterocycles. The fourth-order valence-electron chi connectivity index (χ4n) is 2.10. The van der Waals surface area contributed by atoms with Gasteiger partial charge in [-0.3, -0.25) is 10.3 Å². The Balaban J connectivity index is 2.15. The Kier molecular flexibility index (Phi) is 3.30. The number of hydrogen-bond acceptors (Lipinski definition) is 4. The summed E-state index contributed by atoms with van der Waals surface area (Å²) >= 11 is 5.75. The Bertz CT molecular complexity index is 474. The lowest BCUT2D eigenvalue weighted by Crippen LogP contribution is -2.35. The van der Waals surface area contributed by atoms with Crippen molar-refractivity contribution in [2.24, 2.45) is 10.4 Å². The minimum absolute atomic E-state index is 0.106. The normalized spacial score (nSPS) is 23.0. The monoisotopic (exact) mass is 248 g/mol. The molecule has 0 aliphatic carbocycles. The first-order valence-corrected chi connectivity index (χ1v) is 5.82. The van der Waals surface area contributed by atoms with E-state index in [0.717, 1.165) is 30.8 Å². The SMILES string of the molecule is C[C@]1(Cc2ccc(Cl)nc2)CCN=C1NC#N. The smallest absolute Gasteiger partial charge is 0.182 e. The second-order valence-electron chi connectivity index (χ2n) is 4.44. The number of amidine groups is 1. The standard InChI is InChI=1S/C12H13ClN4/c1-12(4-5-15-11(12)17-8-14)6-9-2-3-10(13)16-7-9/h2-3,7H,4-6H2,1H3,(H,15,17)/t12-/m1/s1. The highest BCUT2D eigenvalue weighted by atomic mass is 35.5. The van der Waals surface area contributed by atoms with Gasteiger partial charge in [0.2, 0.25) is 0 Å². The molecule has 4 nitrogen and oxygen atoms in total. The van der Waals surface area contributed by atoms with Crippen molar-refractivity contribution >= 4 is 17.4 Å². The molecular formula is C12H13ClN4. The van der Waals surface area contributed by atoms with Gasteiger partial charge in [-0.2, -0.15) is 5.26 Å². The number of nitrogens with zero attached hydrogens (tertiary/aromatic N) is 3. The van der Waals surface area contributed by atoms with Crippen LogP contribution < -0.4 is 5.32 Å². The number of aromatic nitrogens is 1. The van der Waals surface area contributed by atoms with Crippen molar-refractivity contribution in [3.63, 3.8) is 0 Å². The van der Waals surface area contributed by atoms with Crippen molar-refractivity contribution in [3.8, 4) is 6.19 Å². The van der Waals surface area contributed by atoms with E-state index in [4.69, 9.17) is 16.9 Å². The molecule has 0 fully saturated rings. The second-order valence-corrected chi connectivity index (χ2v) is 4.83. The van der Waals surface area contributed by atoms with Crippen LogP contribution in [0.3, 0.4) is 0 Å². The minimum Gasteiger partial charge on any atom is -0.280 e. The van der Waals surface area contributed by atoms with Gasteiger partial charge < -0.3 is 0 Å². The Morgan fingerprint density at radius 2 is 2.41 bits per heavy atom. The van der Waals surface area contributed by atoms with E-state index in [-0.39, 0.29) is 5.41 Å².